The van der Waals surface area contributed by atoms with E-state index in [1.165, 1.54) is 28.0 Å². The van der Waals surface area contributed by atoms with Gasteiger partial charge in [0.25, 0.3) is 5.91 Å². The molecule has 0 unspecified atom stereocenters. The molecule has 3 aromatic rings. The van der Waals surface area contributed by atoms with E-state index >= 15 is 0 Å². The summed E-state index contributed by atoms with van der Waals surface area (Å²) in [5, 5.41) is 5.33. The van der Waals surface area contributed by atoms with Gasteiger partial charge in [-0.2, -0.15) is 0 Å². The number of amides is 1. The number of anilines is 1. The summed E-state index contributed by atoms with van der Waals surface area (Å²) in [5.74, 6) is 1.15. The Labute approximate surface area is 169 Å². The lowest BCUT2D eigenvalue weighted by Crippen LogP contribution is -2.20. The van der Waals surface area contributed by atoms with E-state index in [-0.39, 0.29) is 12.5 Å². The van der Waals surface area contributed by atoms with Crippen molar-refractivity contribution in [1.82, 2.24) is 4.98 Å². The molecule has 0 bridgehead atoms. The highest BCUT2D eigenvalue weighted by molar-refractivity contribution is 7.14. The summed E-state index contributed by atoms with van der Waals surface area (Å²) in [4.78, 5) is 16.8. The quantitative estimate of drug-likeness (QED) is 0.600. The number of nitrogens with zero attached hydrogens (tertiary/aromatic N) is 1. The first kappa shape index (κ1) is 19.9. The fraction of sp³-hybridized carbons (Fsp3) is 0.273. The number of hydrogen-bond acceptors (Lipinski definition) is 5. The van der Waals surface area contributed by atoms with Crippen molar-refractivity contribution in [2.75, 3.05) is 18.5 Å². The third kappa shape index (κ3) is 4.89. The smallest absolute Gasteiger partial charge is 0.264 e. The molecule has 5 nitrogen and oxygen atoms in total. The molecule has 1 amide bonds. The first-order chi connectivity index (χ1) is 13.5. The Balaban J connectivity index is 1.60. The van der Waals surface area contributed by atoms with Crippen molar-refractivity contribution < 1.29 is 14.3 Å². The molecule has 1 heterocycles. The maximum atomic E-state index is 12.2. The molecule has 6 heteroatoms. The molecule has 0 fully saturated rings. The molecule has 0 spiro atoms. The van der Waals surface area contributed by atoms with Crippen molar-refractivity contribution in [2.45, 2.75) is 27.7 Å². The number of carbonyl (C=O) groups excluding carboxylic acids is 1. The molecule has 2 aromatic carbocycles. The Morgan fingerprint density at radius 1 is 1.04 bits per heavy atom. The number of ether oxygens (including phenoxy) is 2. The molecule has 146 valence electrons. The third-order valence-electron chi connectivity index (χ3n) is 4.19. The minimum absolute atomic E-state index is 0.0779. The third-order valence-corrected chi connectivity index (χ3v) is 4.95. The molecule has 0 saturated heterocycles. The zero-order valence-corrected chi connectivity index (χ0v) is 17.4. The molecule has 1 aromatic heterocycles. The van der Waals surface area contributed by atoms with Gasteiger partial charge in [-0.05, 0) is 63.1 Å². The zero-order valence-electron chi connectivity index (χ0n) is 16.5. The van der Waals surface area contributed by atoms with Gasteiger partial charge >= 0.3 is 0 Å². The normalized spacial score (nSPS) is 10.6. The van der Waals surface area contributed by atoms with Crippen LogP contribution in [-0.4, -0.2) is 24.1 Å². The first-order valence-corrected chi connectivity index (χ1v) is 10.0. The maximum Gasteiger partial charge on any atom is 0.264 e. The highest BCUT2D eigenvalue weighted by Crippen LogP contribution is 2.31. The van der Waals surface area contributed by atoms with Crippen molar-refractivity contribution in [2.24, 2.45) is 0 Å². The lowest BCUT2D eigenvalue weighted by molar-refractivity contribution is -0.118. The summed E-state index contributed by atoms with van der Waals surface area (Å²) in [6, 6.07) is 11.5. The van der Waals surface area contributed by atoms with Crippen molar-refractivity contribution in [3.63, 3.8) is 0 Å². The predicted molar refractivity (Wildman–Crippen MR) is 113 cm³/mol. The van der Waals surface area contributed by atoms with Crippen LogP contribution in [0, 0.1) is 20.8 Å². The number of thiazole rings is 1. The number of nitrogens with one attached hydrogen (secondary N) is 1. The van der Waals surface area contributed by atoms with Crippen LogP contribution in [0.4, 0.5) is 5.13 Å². The topological polar surface area (TPSA) is 60.5 Å². The van der Waals surface area contributed by atoms with E-state index in [1.807, 2.05) is 24.4 Å². The van der Waals surface area contributed by atoms with E-state index in [1.54, 1.807) is 12.1 Å². The van der Waals surface area contributed by atoms with Crippen molar-refractivity contribution in [3.05, 3.63) is 58.5 Å². The van der Waals surface area contributed by atoms with Crippen LogP contribution in [0.5, 0.6) is 11.5 Å². The zero-order chi connectivity index (χ0) is 20.1. The molecule has 28 heavy (non-hydrogen) atoms. The Bertz CT molecular complexity index is 941. The molecular weight excluding hydrogens is 372 g/mol. The van der Waals surface area contributed by atoms with Crippen LogP contribution in [0.2, 0.25) is 0 Å². The summed E-state index contributed by atoms with van der Waals surface area (Å²) in [6.07, 6.45) is 0. The largest absolute Gasteiger partial charge is 0.494 e. The van der Waals surface area contributed by atoms with Crippen LogP contribution >= 0.6 is 11.3 Å². The second-order valence-corrected chi connectivity index (χ2v) is 7.41. The number of rotatable bonds is 7. The van der Waals surface area contributed by atoms with E-state index in [9.17, 15) is 4.79 Å². The van der Waals surface area contributed by atoms with Gasteiger partial charge in [0.2, 0.25) is 0 Å². The van der Waals surface area contributed by atoms with E-state index in [0.29, 0.717) is 17.5 Å². The predicted octanol–water partition coefficient (Wildman–Crippen LogP) is 5.15. The Morgan fingerprint density at radius 2 is 1.64 bits per heavy atom. The Hall–Kier alpha value is -2.86. The second-order valence-electron chi connectivity index (χ2n) is 6.55. The van der Waals surface area contributed by atoms with Crippen LogP contribution in [0.25, 0.3) is 11.3 Å². The number of aryl methyl sites for hydroxylation is 3. The molecule has 0 radical (unpaired) electrons. The minimum Gasteiger partial charge on any atom is -0.494 e. The number of aromatic nitrogens is 1. The van der Waals surface area contributed by atoms with E-state index in [0.717, 1.165) is 17.0 Å². The number of benzene rings is 2. The lowest BCUT2D eigenvalue weighted by Gasteiger charge is -2.09. The van der Waals surface area contributed by atoms with Crippen molar-refractivity contribution in [1.29, 1.82) is 0 Å². The first-order valence-electron chi connectivity index (χ1n) is 9.15. The molecule has 3 rings (SSSR count). The number of carbonyl (C=O) groups is 1. The molecule has 0 aliphatic rings. The second kappa shape index (κ2) is 8.89. The van der Waals surface area contributed by atoms with Gasteiger partial charge in [0.15, 0.2) is 11.7 Å². The average molecular weight is 397 g/mol. The SMILES string of the molecule is CCOc1ccc(OCC(=O)Nc2nc(-c3c(C)cc(C)cc3C)cs2)cc1. The van der Waals surface area contributed by atoms with Gasteiger partial charge in [-0.3, -0.25) is 10.1 Å². The van der Waals surface area contributed by atoms with Gasteiger partial charge in [0.1, 0.15) is 11.5 Å². The highest BCUT2D eigenvalue weighted by atomic mass is 32.1. The summed E-state index contributed by atoms with van der Waals surface area (Å²) in [5.41, 5.74) is 5.59. The standard InChI is InChI=1S/C22H24N2O3S/c1-5-26-17-6-8-18(9-7-17)27-12-20(25)24-22-23-19(13-28-22)21-15(3)10-14(2)11-16(21)4/h6-11,13H,5,12H2,1-4H3,(H,23,24,25). The van der Waals surface area contributed by atoms with E-state index in [4.69, 9.17) is 9.47 Å². The molecule has 1 N–H and O–H groups in total. The highest BCUT2D eigenvalue weighted by Gasteiger charge is 2.12. The summed E-state index contributed by atoms with van der Waals surface area (Å²) in [7, 11) is 0. The van der Waals surface area contributed by atoms with Gasteiger partial charge in [0, 0.05) is 10.9 Å². The van der Waals surface area contributed by atoms with Crippen LogP contribution < -0.4 is 14.8 Å². The molecule has 0 atom stereocenters. The fourth-order valence-electron chi connectivity index (χ4n) is 3.13. The minimum atomic E-state index is -0.243. The average Bonchev–Trinajstić information content (AvgIpc) is 3.08. The van der Waals surface area contributed by atoms with Gasteiger partial charge in [-0.25, -0.2) is 4.98 Å². The summed E-state index contributed by atoms with van der Waals surface area (Å²) in [6.45, 7) is 8.71. The van der Waals surface area contributed by atoms with Crippen LogP contribution in [0.3, 0.4) is 0 Å². The van der Waals surface area contributed by atoms with Crippen LogP contribution in [0.15, 0.2) is 41.8 Å². The summed E-state index contributed by atoms with van der Waals surface area (Å²) >= 11 is 1.41. The number of hydrogen-bond donors (Lipinski definition) is 1. The monoisotopic (exact) mass is 396 g/mol. The molecule has 0 aliphatic heterocycles. The van der Waals surface area contributed by atoms with E-state index < -0.39 is 0 Å². The summed E-state index contributed by atoms with van der Waals surface area (Å²) < 4.78 is 10.9. The van der Waals surface area contributed by atoms with Gasteiger partial charge in [-0.1, -0.05) is 17.7 Å². The fourth-order valence-corrected chi connectivity index (χ4v) is 3.85. The Morgan fingerprint density at radius 3 is 2.25 bits per heavy atom. The molecule has 0 saturated carbocycles. The van der Waals surface area contributed by atoms with Crippen LogP contribution in [0.1, 0.15) is 23.6 Å². The maximum absolute atomic E-state index is 12.2. The van der Waals surface area contributed by atoms with Crippen molar-refractivity contribution >= 4 is 22.4 Å². The van der Waals surface area contributed by atoms with E-state index in [2.05, 4.69) is 43.2 Å². The van der Waals surface area contributed by atoms with Gasteiger partial charge in [0.05, 0.1) is 12.3 Å². The van der Waals surface area contributed by atoms with Crippen molar-refractivity contribution in [3.8, 4) is 22.8 Å². The van der Waals surface area contributed by atoms with Gasteiger partial charge < -0.3 is 9.47 Å². The molecular formula is C22H24N2O3S. The Kier molecular flexibility index (Phi) is 6.31. The molecule has 0 aliphatic carbocycles. The lowest BCUT2D eigenvalue weighted by atomic mass is 9.98. The van der Waals surface area contributed by atoms with Gasteiger partial charge in [-0.15, -0.1) is 11.3 Å². The van der Waals surface area contributed by atoms with Crippen LogP contribution in [-0.2, 0) is 4.79 Å².